The molecular formula is C39H50O18. The lowest BCUT2D eigenvalue weighted by atomic mass is 9.83. The van der Waals surface area contributed by atoms with Gasteiger partial charge >= 0.3 is 35.8 Å². The maximum Gasteiger partial charge on any atom is 0.308 e. The van der Waals surface area contributed by atoms with Crippen molar-refractivity contribution in [3.05, 3.63) is 35.4 Å². The molecule has 1 aliphatic heterocycles. The van der Waals surface area contributed by atoms with Gasteiger partial charge in [-0.3, -0.25) is 28.8 Å². The summed E-state index contributed by atoms with van der Waals surface area (Å²) in [6.07, 6.45) is -4.73. The molecule has 0 saturated carbocycles. The van der Waals surface area contributed by atoms with Crippen molar-refractivity contribution in [1.82, 2.24) is 0 Å². The third-order valence-electron chi connectivity index (χ3n) is 8.47. The van der Waals surface area contributed by atoms with Gasteiger partial charge < -0.3 is 56.8 Å². The molecule has 6 atom stereocenters. The van der Waals surface area contributed by atoms with E-state index in [-0.39, 0.29) is 67.2 Å². The minimum atomic E-state index is -1.37. The third-order valence-corrected chi connectivity index (χ3v) is 8.47. The molecule has 1 aliphatic rings. The van der Waals surface area contributed by atoms with Crippen LogP contribution in [0.5, 0.6) is 34.5 Å². The van der Waals surface area contributed by atoms with Crippen LogP contribution in [0, 0.1) is 11.8 Å². The Morgan fingerprint density at radius 3 is 1.33 bits per heavy atom. The first kappa shape index (κ1) is 45.8. The number of carbonyl (C=O) groups is 6. The van der Waals surface area contributed by atoms with Crippen LogP contribution >= 0.6 is 0 Å². The first-order chi connectivity index (χ1) is 27.0. The van der Waals surface area contributed by atoms with Gasteiger partial charge in [-0.25, -0.2) is 0 Å². The Labute approximate surface area is 330 Å². The topological polar surface area (TPSA) is 213 Å². The van der Waals surface area contributed by atoms with Gasteiger partial charge in [-0.15, -0.1) is 0 Å². The molecule has 1 saturated heterocycles. The predicted octanol–water partition coefficient (Wildman–Crippen LogP) is 3.32. The second kappa shape index (κ2) is 21.6. The number of ether oxygens (including phenoxy) is 12. The van der Waals surface area contributed by atoms with E-state index < -0.39 is 72.3 Å². The minimum Gasteiger partial charge on any atom is -0.493 e. The van der Waals surface area contributed by atoms with Gasteiger partial charge in [0.25, 0.3) is 0 Å². The fraction of sp³-hybridized carbons (Fsp3) is 0.538. The first-order valence-electron chi connectivity index (χ1n) is 17.7. The second-order valence-corrected chi connectivity index (χ2v) is 12.9. The van der Waals surface area contributed by atoms with E-state index in [0.717, 1.165) is 13.8 Å². The maximum absolute atomic E-state index is 12.3. The molecule has 0 N–H and O–H groups in total. The summed E-state index contributed by atoms with van der Waals surface area (Å²) in [4.78, 5) is 72.5. The SMILES string of the molecule is COc1cc(C[C@H](COC(C)=O)[C@@H](CO[C@@H]2OC[C@@H](OC(C)=O)[C@H](OC(C)=O)[C@H]2OC(C)=O)Cc2cc(OC)c(OC(C)=O)c(OC)c2)cc(OC)c1OC(C)=O. The number of carbonyl (C=O) groups excluding carboxylic acids is 6. The lowest BCUT2D eigenvalue weighted by Crippen LogP contribution is -2.58. The molecule has 0 spiro atoms. The highest BCUT2D eigenvalue weighted by Gasteiger charge is 2.48. The van der Waals surface area contributed by atoms with Crippen LogP contribution < -0.4 is 28.4 Å². The van der Waals surface area contributed by atoms with Crippen LogP contribution in [0.1, 0.15) is 52.7 Å². The van der Waals surface area contributed by atoms with Crippen molar-refractivity contribution in [1.29, 1.82) is 0 Å². The van der Waals surface area contributed by atoms with Crippen LogP contribution in [0.25, 0.3) is 0 Å². The van der Waals surface area contributed by atoms with E-state index in [1.54, 1.807) is 24.3 Å². The molecule has 18 heteroatoms. The molecule has 2 aromatic rings. The quantitative estimate of drug-likeness (QED) is 0.113. The number of hydrogen-bond acceptors (Lipinski definition) is 18. The van der Waals surface area contributed by atoms with Gasteiger partial charge in [-0.05, 0) is 54.2 Å². The smallest absolute Gasteiger partial charge is 0.308 e. The summed E-state index contributed by atoms with van der Waals surface area (Å²) in [5, 5.41) is 0. The van der Waals surface area contributed by atoms with Crippen molar-refractivity contribution in [3.63, 3.8) is 0 Å². The lowest BCUT2D eigenvalue weighted by molar-refractivity contribution is -0.283. The van der Waals surface area contributed by atoms with E-state index in [1.165, 1.54) is 56.1 Å². The number of esters is 6. The van der Waals surface area contributed by atoms with Crippen molar-refractivity contribution in [2.75, 3.05) is 48.3 Å². The van der Waals surface area contributed by atoms with Crippen LogP contribution in [0.3, 0.4) is 0 Å². The highest BCUT2D eigenvalue weighted by Crippen LogP contribution is 2.42. The second-order valence-electron chi connectivity index (χ2n) is 12.9. The van der Waals surface area contributed by atoms with Gasteiger partial charge in [0.05, 0.1) is 48.3 Å². The number of rotatable bonds is 19. The standard InChI is InChI=1S/C39H50O18/c1-20(40)50-17-28(11-26-13-30(46-7)35(54-22(3)42)31(14-26)47-8)29(12-27-15-32(48-9)36(55-23(4)43)33(16-27)49-10)18-51-39-38(57-25(6)45)37(56-24(5)44)34(19-52-39)53-21(2)41/h13-16,28-29,34,37-39H,11-12,17-19H2,1-10H3/t28-,29-,34-,37+,38-,39-/m1/s1. The van der Waals surface area contributed by atoms with Crippen LogP contribution in [0.2, 0.25) is 0 Å². The molecule has 18 nitrogen and oxygen atoms in total. The monoisotopic (exact) mass is 806 g/mol. The van der Waals surface area contributed by atoms with Crippen molar-refractivity contribution in [3.8, 4) is 34.5 Å². The minimum absolute atomic E-state index is 0.0613. The molecule has 1 fully saturated rings. The van der Waals surface area contributed by atoms with Crippen LogP contribution in [-0.4, -0.2) is 109 Å². The van der Waals surface area contributed by atoms with Crippen molar-refractivity contribution >= 4 is 35.8 Å². The number of methoxy groups -OCH3 is 4. The average Bonchev–Trinajstić information content (AvgIpc) is 3.13. The van der Waals surface area contributed by atoms with Crippen LogP contribution in [-0.2, 0) is 70.0 Å². The van der Waals surface area contributed by atoms with Crippen molar-refractivity contribution in [2.45, 2.75) is 79.0 Å². The van der Waals surface area contributed by atoms with E-state index in [4.69, 9.17) is 56.8 Å². The summed E-state index contributed by atoms with van der Waals surface area (Å²) in [7, 11) is 5.59. The zero-order valence-electron chi connectivity index (χ0n) is 33.7. The number of hydrogen-bond donors (Lipinski definition) is 0. The molecule has 0 unspecified atom stereocenters. The molecule has 314 valence electrons. The van der Waals surface area contributed by atoms with Gasteiger partial charge in [0.2, 0.25) is 11.5 Å². The summed E-state index contributed by atoms with van der Waals surface area (Å²) < 4.78 is 67.1. The van der Waals surface area contributed by atoms with Crippen LogP contribution in [0.4, 0.5) is 0 Å². The molecular weight excluding hydrogens is 756 g/mol. The Hall–Kier alpha value is -5.62. The van der Waals surface area contributed by atoms with E-state index >= 15 is 0 Å². The van der Waals surface area contributed by atoms with Crippen LogP contribution in [0.15, 0.2) is 24.3 Å². The molecule has 3 rings (SSSR count). The normalized spacial score (nSPS) is 18.5. The largest absolute Gasteiger partial charge is 0.493 e. The van der Waals surface area contributed by atoms with Crippen molar-refractivity contribution < 1.29 is 85.6 Å². The lowest BCUT2D eigenvalue weighted by Gasteiger charge is -2.40. The molecule has 0 aromatic heterocycles. The first-order valence-corrected chi connectivity index (χ1v) is 17.7. The van der Waals surface area contributed by atoms with Gasteiger partial charge in [-0.2, -0.15) is 0 Å². The average molecular weight is 807 g/mol. The zero-order valence-corrected chi connectivity index (χ0v) is 33.7. The third kappa shape index (κ3) is 13.5. The van der Waals surface area contributed by atoms with Gasteiger partial charge in [0.15, 0.2) is 47.6 Å². The predicted molar refractivity (Wildman–Crippen MR) is 195 cm³/mol. The molecule has 0 bridgehead atoms. The summed E-state index contributed by atoms with van der Waals surface area (Å²) in [5.41, 5.74) is 1.25. The highest BCUT2D eigenvalue weighted by molar-refractivity contribution is 5.73. The fourth-order valence-corrected chi connectivity index (χ4v) is 6.22. The zero-order chi connectivity index (χ0) is 42.4. The van der Waals surface area contributed by atoms with E-state index in [2.05, 4.69) is 0 Å². The molecule has 57 heavy (non-hydrogen) atoms. The molecule has 2 aromatic carbocycles. The van der Waals surface area contributed by atoms with E-state index in [1.807, 2.05) is 0 Å². The Kier molecular flexibility index (Phi) is 17.4. The van der Waals surface area contributed by atoms with E-state index in [0.29, 0.717) is 11.1 Å². The Balaban J connectivity index is 2.16. The maximum atomic E-state index is 12.3. The van der Waals surface area contributed by atoms with E-state index in [9.17, 15) is 28.8 Å². The fourth-order valence-electron chi connectivity index (χ4n) is 6.22. The van der Waals surface area contributed by atoms with Gasteiger partial charge in [0.1, 0.15) is 0 Å². The summed E-state index contributed by atoms with van der Waals surface area (Å²) in [6, 6.07) is 6.60. The summed E-state index contributed by atoms with van der Waals surface area (Å²) >= 11 is 0. The highest BCUT2D eigenvalue weighted by atomic mass is 16.7. The van der Waals surface area contributed by atoms with Gasteiger partial charge in [0, 0.05) is 47.5 Å². The number of benzene rings is 2. The van der Waals surface area contributed by atoms with Gasteiger partial charge in [-0.1, -0.05) is 0 Å². The molecule has 1 heterocycles. The summed E-state index contributed by atoms with van der Waals surface area (Å²) in [5.74, 6) is -4.14. The Bertz CT molecular complexity index is 1700. The molecule has 0 aliphatic carbocycles. The Morgan fingerprint density at radius 2 is 0.965 bits per heavy atom. The van der Waals surface area contributed by atoms with Crippen molar-refractivity contribution in [2.24, 2.45) is 11.8 Å². The molecule has 0 radical (unpaired) electrons. The summed E-state index contributed by atoms with van der Waals surface area (Å²) in [6.45, 7) is 6.64. The molecule has 0 amide bonds. The Morgan fingerprint density at radius 1 is 0.561 bits per heavy atom.